The van der Waals surface area contributed by atoms with Crippen LogP contribution in [0.2, 0.25) is 0 Å². The zero-order chi connectivity index (χ0) is 5.70. The van der Waals surface area contributed by atoms with E-state index in [9.17, 15) is 0 Å². The van der Waals surface area contributed by atoms with E-state index in [1.54, 1.807) is 25.4 Å². The molecule has 40 valence electrons. The van der Waals surface area contributed by atoms with E-state index in [1.807, 2.05) is 0 Å². The van der Waals surface area contributed by atoms with Crippen LogP contribution in [0.3, 0.4) is 0 Å². The van der Waals surface area contributed by atoms with Crippen LogP contribution in [-0.4, -0.2) is 12.1 Å². The van der Waals surface area contributed by atoms with E-state index in [0.29, 0.717) is 0 Å². The van der Waals surface area contributed by atoms with Gasteiger partial charge in [0.05, 0.1) is 0 Å². The Morgan fingerprint density at radius 2 is 2.29 bits per heavy atom. The van der Waals surface area contributed by atoms with Gasteiger partial charge in [-0.05, 0) is 6.08 Å². The van der Waals surface area contributed by atoms with Crippen LogP contribution in [0.4, 0.5) is 0 Å². The second-order valence-corrected chi connectivity index (χ2v) is 1.24. The highest BCUT2D eigenvalue weighted by Crippen LogP contribution is 1.71. The van der Waals surface area contributed by atoms with Gasteiger partial charge in [-0.3, -0.25) is 0 Å². The minimum atomic E-state index is 1.46. The lowest BCUT2D eigenvalue weighted by Crippen LogP contribution is -2.17. The highest BCUT2D eigenvalue weighted by Gasteiger charge is 1.67. The normalized spacial score (nSPS) is 9.43. The molecule has 2 N–H and O–H groups in total. The molecule has 0 heterocycles. The van der Waals surface area contributed by atoms with Crippen LogP contribution in [0, 0.1) is 0 Å². The molecule has 0 amide bonds. The van der Waals surface area contributed by atoms with Gasteiger partial charge in [0, 0.05) is 13.2 Å². The van der Waals surface area contributed by atoms with Crippen LogP contribution in [0.25, 0.3) is 0 Å². The van der Waals surface area contributed by atoms with Crippen molar-refractivity contribution in [3.05, 3.63) is 24.9 Å². The molecule has 2 heteroatoms. The predicted octanol–water partition coefficient (Wildman–Crippen LogP) is 0.492. The number of nitrogens with two attached hydrogens (primary N) is 1. The summed E-state index contributed by atoms with van der Waals surface area (Å²) in [6.07, 6.45) is 5.15. The van der Waals surface area contributed by atoms with Crippen molar-refractivity contribution in [2.24, 2.45) is 5.84 Å². The number of rotatable bonds is 2. The molecule has 7 heavy (non-hydrogen) atoms. The minimum Gasteiger partial charge on any atom is -0.321 e. The number of allylic oxidation sites excluding steroid dienone is 2. The van der Waals surface area contributed by atoms with E-state index in [2.05, 4.69) is 6.58 Å². The van der Waals surface area contributed by atoms with Gasteiger partial charge in [-0.1, -0.05) is 12.7 Å². The van der Waals surface area contributed by atoms with Crippen molar-refractivity contribution < 1.29 is 0 Å². The first-order valence-corrected chi connectivity index (χ1v) is 2.04. The fraction of sp³-hybridized carbons (Fsp3) is 0.200. The molecule has 2 nitrogen and oxygen atoms in total. The quantitative estimate of drug-likeness (QED) is 0.309. The van der Waals surface area contributed by atoms with Crippen LogP contribution in [0.1, 0.15) is 0 Å². The summed E-state index contributed by atoms with van der Waals surface area (Å²) in [4.78, 5) is 0. The van der Waals surface area contributed by atoms with E-state index in [0.717, 1.165) is 0 Å². The Bertz CT molecular complexity index is 74.1. The second-order valence-electron chi connectivity index (χ2n) is 1.24. The molecule has 0 radical (unpaired) electrons. The first kappa shape index (κ1) is 6.24. The molecule has 0 aromatic carbocycles. The van der Waals surface area contributed by atoms with Crippen molar-refractivity contribution in [1.29, 1.82) is 0 Å². The lowest BCUT2D eigenvalue weighted by molar-refractivity contribution is 0.485. The molecule has 0 aliphatic rings. The molecule has 0 aromatic heterocycles. The maximum absolute atomic E-state index is 5.18. The van der Waals surface area contributed by atoms with E-state index >= 15 is 0 Å². The van der Waals surface area contributed by atoms with E-state index in [4.69, 9.17) is 5.84 Å². The average Bonchev–Trinajstić information content (AvgIpc) is 1.61. The molecule has 0 aliphatic carbocycles. The maximum atomic E-state index is 5.18. The lowest BCUT2D eigenvalue weighted by Gasteiger charge is -2.00. The second kappa shape index (κ2) is 3.43. The minimum absolute atomic E-state index is 1.46. The van der Waals surface area contributed by atoms with Crippen molar-refractivity contribution in [1.82, 2.24) is 5.01 Å². The van der Waals surface area contributed by atoms with Gasteiger partial charge in [-0.15, -0.1) is 0 Å². The summed E-state index contributed by atoms with van der Waals surface area (Å²) in [6, 6.07) is 0. The van der Waals surface area contributed by atoms with Crippen LogP contribution < -0.4 is 5.84 Å². The Morgan fingerprint density at radius 3 is 2.43 bits per heavy atom. The summed E-state index contributed by atoms with van der Waals surface area (Å²) < 4.78 is 0. The summed E-state index contributed by atoms with van der Waals surface area (Å²) in [7, 11) is 1.75. The fourth-order valence-electron chi connectivity index (χ4n) is 0.197. The number of hydrogen-bond donors (Lipinski definition) is 1. The Balaban J connectivity index is 3.25. The molecule has 0 spiro atoms. The molecule has 0 saturated carbocycles. The summed E-state index contributed by atoms with van der Waals surface area (Å²) in [6.45, 7) is 3.46. The van der Waals surface area contributed by atoms with Gasteiger partial charge in [-0.2, -0.15) is 0 Å². The van der Waals surface area contributed by atoms with Gasteiger partial charge in [0.1, 0.15) is 0 Å². The summed E-state index contributed by atoms with van der Waals surface area (Å²) >= 11 is 0. The zero-order valence-corrected chi connectivity index (χ0v) is 4.46. The standard InChI is InChI=1S/C5H10N2/c1-3-4-5-7(2)6/h3-5H,1,6H2,2H3/b5-4+. The van der Waals surface area contributed by atoms with Gasteiger partial charge in [0.25, 0.3) is 0 Å². The van der Waals surface area contributed by atoms with Crippen molar-refractivity contribution in [3.63, 3.8) is 0 Å². The highest BCUT2D eigenvalue weighted by molar-refractivity contribution is 4.95. The van der Waals surface area contributed by atoms with E-state index < -0.39 is 0 Å². The summed E-state index contributed by atoms with van der Waals surface area (Å²) in [5, 5.41) is 1.46. The summed E-state index contributed by atoms with van der Waals surface area (Å²) in [5.74, 6) is 5.18. The van der Waals surface area contributed by atoms with Crippen molar-refractivity contribution in [3.8, 4) is 0 Å². The van der Waals surface area contributed by atoms with Crippen molar-refractivity contribution >= 4 is 0 Å². The van der Waals surface area contributed by atoms with Crippen LogP contribution in [0.15, 0.2) is 24.9 Å². The molecule has 0 atom stereocenters. The molecule has 0 bridgehead atoms. The molecule has 0 unspecified atom stereocenters. The van der Waals surface area contributed by atoms with Crippen LogP contribution in [0.5, 0.6) is 0 Å². The third kappa shape index (κ3) is 5.24. The average molecular weight is 98.1 g/mol. The summed E-state index contributed by atoms with van der Waals surface area (Å²) in [5.41, 5.74) is 0. The largest absolute Gasteiger partial charge is 0.321 e. The first-order valence-electron chi connectivity index (χ1n) is 2.04. The van der Waals surface area contributed by atoms with Gasteiger partial charge < -0.3 is 5.01 Å². The Hall–Kier alpha value is -0.760. The predicted molar refractivity (Wildman–Crippen MR) is 31.3 cm³/mol. The number of nitrogens with zero attached hydrogens (tertiary/aromatic N) is 1. The number of hydrogen-bond acceptors (Lipinski definition) is 2. The molecular formula is C5H10N2. The van der Waals surface area contributed by atoms with E-state index in [1.165, 1.54) is 5.01 Å². The Labute approximate surface area is 43.9 Å². The van der Waals surface area contributed by atoms with E-state index in [-0.39, 0.29) is 0 Å². The first-order chi connectivity index (χ1) is 3.27. The van der Waals surface area contributed by atoms with Crippen molar-refractivity contribution in [2.75, 3.05) is 7.05 Å². The lowest BCUT2D eigenvalue weighted by atomic mass is 10.6. The molecule has 0 rings (SSSR count). The van der Waals surface area contributed by atoms with Gasteiger partial charge >= 0.3 is 0 Å². The Morgan fingerprint density at radius 1 is 1.71 bits per heavy atom. The van der Waals surface area contributed by atoms with Gasteiger partial charge in [0.2, 0.25) is 0 Å². The molecule has 0 aromatic rings. The van der Waals surface area contributed by atoms with Crippen LogP contribution in [-0.2, 0) is 0 Å². The third-order valence-electron chi connectivity index (χ3n) is 0.457. The molecular weight excluding hydrogens is 88.1 g/mol. The topological polar surface area (TPSA) is 29.3 Å². The van der Waals surface area contributed by atoms with Gasteiger partial charge in [0.15, 0.2) is 0 Å². The molecule has 0 fully saturated rings. The highest BCUT2D eigenvalue weighted by atomic mass is 15.4. The fourth-order valence-corrected chi connectivity index (χ4v) is 0.197. The molecule has 0 saturated heterocycles. The monoisotopic (exact) mass is 98.1 g/mol. The Kier molecular flexibility index (Phi) is 3.06. The SMILES string of the molecule is C=C/C=C/N(C)N. The van der Waals surface area contributed by atoms with Crippen LogP contribution >= 0.6 is 0 Å². The van der Waals surface area contributed by atoms with Gasteiger partial charge in [-0.25, -0.2) is 5.84 Å². The van der Waals surface area contributed by atoms with Crippen molar-refractivity contribution in [2.45, 2.75) is 0 Å². The molecule has 0 aliphatic heterocycles. The third-order valence-corrected chi connectivity index (χ3v) is 0.457. The zero-order valence-electron chi connectivity index (χ0n) is 4.46. The maximum Gasteiger partial charge on any atom is 0.0222 e. The number of hydrazine groups is 1. The smallest absolute Gasteiger partial charge is 0.0222 e.